The van der Waals surface area contributed by atoms with Gasteiger partial charge in [0, 0.05) is 31.0 Å². The second kappa shape index (κ2) is 8.54. The molecular formula is C23H23N5O4. The van der Waals surface area contributed by atoms with Crippen molar-refractivity contribution in [2.45, 2.75) is 19.9 Å². The first kappa shape index (κ1) is 21.1. The van der Waals surface area contributed by atoms with Crippen molar-refractivity contribution in [3.8, 4) is 5.75 Å². The van der Waals surface area contributed by atoms with Crippen molar-refractivity contribution < 1.29 is 18.8 Å². The van der Waals surface area contributed by atoms with E-state index in [1.807, 2.05) is 36.4 Å². The first-order valence-electron chi connectivity index (χ1n) is 9.76. The normalized spacial score (nSPS) is 15.5. The maximum absolute atomic E-state index is 13.0. The molecule has 9 heteroatoms. The predicted octanol–water partition coefficient (Wildman–Crippen LogP) is 2.93. The van der Waals surface area contributed by atoms with Crippen LogP contribution in [0.25, 0.3) is 10.9 Å². The minimum absolute atomic E-state index is 0. The summed E-state index contributed by atoms with van der Waals surface area (Å²) in [4.78, 5) is 27.1. The lowest BCUT2D eigenvalue weighted by atomic mass is 10.1. The number of carbonyl (C=O) groups excluding carboxylic acids is 2. The van der Waals surface area contributed by atoms with Crippen LogP contribution in [-0.2, 0) is 11.2 Å². The van der Waals surface area contributed by atoms with Crippen molar-refractivity contribution in [1.29, 1.82) is 0 Å². The molecule has 0 fully saturated rings. The summed E-state index contributed by atoms with van der Waals surface area (Å²) >= 11 is 0. The summed E-state index contributed by atoms with van der Waals surface area (Å²) < 4.78 is 11.1. The highest BCUT2D eigenvalue weighted by atomic mass is 16.5. The van der Waals surface area contributed by atoms with E-state index in [2.05, 4.69) is 20.7 Å². The summed E-state index contributed by atoms with van der Waals surface area (Å²) in [5, 5.41) is 14.3. The van der Waals surface area contributed by atoms with Crippen LogP contribution in [0.1, 0.15) is 29.2 Å². The van der Waals surface area contributed by atoms with E-state index in [1.54, 1.807) is 25.4 Å². The molecule has 2 aromatic heterocycles. The molecule has 4 aromatic rings. The van der Waals surface area contributed by atoms with Gasteiger partial charge in [-0.05, 0) is 11.6 Å². The zero-order valence-electron chi connectivity index (χ0n) is 16.7. The predicted molar refractivity (Wildman–Crippen MR) is 119 cm³/mol. The molecule has 9 nitrogen and oxygen atoms in total. The van der Waals surface area contributed by atoms with Crippen LogP contribution >= 0.6 is 0 Å². The van der Waals surface area contributed by atoms with Crippen LogP contribution in [0.5, 0.6) is 5.75 Å². The van der Waals surface area contributed by atoms with E-state index in [9.17, 15) is 9.59 Å². The number of amides is 2. The highest BCUT2D eigenvalue weighted by molar-refractivity contribution is 6.04. The van der Waals surface area contributed by atoms with E-state index in [1.165, 1.54) is 4.90 Å². The average Bonchev–Trinajstić information content (AvgIpc) is 3.42. The Labute approximate surface area is 184 Å². The van der Waals surface area contributed by atoms with Crippen molar-refractivity contribution in [1.82, 2.24) is 20.7 Å². The number of aromatic nitrogens is 3. The van der Waals surface area contributed by atoms with E-state index in [4.69, 9.17) is 9.26 Å². The van der Waals surface area contributed by atoms with Gasteiger partial charge >= 0.3 is 0 Å². The van der Waals surface area contributed by atoms with Gasteiger partial charge in [0.2, 0.25) is 0 Å². The van der Waals surface area contributed by atoms with Crippen LogP contribution in [0.2, 0.25) is 0 Å². The molecule has 0 saturated carbocycles. The molecule has 0 aliphatic carbocycles. The zero-order valence-corrected chi connectivity index (χ0v) is 16.7. The SMILES string of the molecule is C.CN1C(=O)[C@@H](NC(=O)c2cc(Cc3ccccc3)on2)COc2cc3[nH]ncc3cc21. The number of anilines is 1. The number of rotatable bonds is 4. The Bertz CT molecular complexity index is 1260. The number of carbonyl (C=O) groups is 2. The molecule has 1 atom stereocenters. The van der Waals surface area contributed by atoms with Crippen LogP contribution < -0.4 is 15.0 Å². The Morgan fingerprint density at radius 1 is 1.25 bits per heavy atom. The minimum atomic E-state index is -0.865. The fraction of sp³-hybridized carbons (Fsp3) is 0.217. The smallest absolute Gasteiger partial charge is 0.274 e. The molecule has 1 aliphatic rings. The minimum Gasteiger partial charge on any atom is -0.489 e. The van der Waals surface area contributed by atoms with Crippen LogP contribution in [0, 0.1) is 0 Å². The monoisotopic (exact) mass is 433 g/mol. The Balaban J connectivity index is 0.00000245. The molecule has 2 amide bonds. The van der Waals surface area contributed by atoms with Crippen LogP contribution in [0.15, 0.2) is 59.3 Å². The first-order chi connectivity index (χ1) is 15.1. The number of nitrogens with one attached hydrogen (secondary N) is 2. The average molecular weight is 433 g/mol. The van der Waals surface area contributed by atoms with Gasteiger partial charge in [0.1, 0.15) is 24.2 Å². The van der Waals surface area contributed by atoms with E-state index in [0.717, 1.165) is 16.5 Å². The zero-order chi connectivity index (χ0) is 21.4. The van der Waals surface area contributed by atoms with Crippen molar-refractivity contribution in [2.75, 3.05) is 18.6 Å². The lowest BCUT2D eigenvalue weighted by molar-refractivity contribution is -0.120. The standard InChI is InChI=1S/C22H19N5O4.CH4/c1-27-19-8-14-11-23-25-16(14)10-20(19)30-12-18(22(27)29)24-21(28)17-9-15(31-26-17)7-13-5-3-2-4-6-13;/h2-6,8-11,18H,7,12H2,1H3,(H,23,25)(H,24,28);1H4/t18-;/m0./s1. The van der Waals surface area contributed by atoms with Gasteiger partial charge in [-0.3, -0.25) is 14.7 Å². The molecule has 0 unspecified atom stereocenters. The van der Waals surface area contributed by atoms with Gasteiger partial charge in [0.05, 0.1) is 17.4 Å². The number of nitrogens with zero attached hydrogens (tertiary/aromatic N) is 3. The Morgan fingerprint density at radius 2 is 2.06 bits per heavy atom. The Morgan fingerprint density at radius 3 is 2.88 bits per heavy atom. The summed E-state index contributed by atoms with van der Waals surface area (Å²) in [6.45, 7) is -0.00369. The number of H-pyrrole nitrogens is 1. The maximum Gasteiger partial charge on any atom is 0.274 e. The van der Waals surface area contributed by atoms with Gasteiger partial charge in [-0.15, -0.1) is 0 Å². The highest BCUT2D eigenvalue weighted by Gasteiger charge is 2.31. The topological polar surface area (TPSA) is 113 Å². The van der Waals surface area contributed by atoms with Gasteiger partial charge in [0.25, 0.3) is 11.8 Å². The van der Waals surface area contributed by atoms with Gasteiger partial charge < -0.3 is 19.5 Å². The first-order valence-corrected chi connectivity index (χ1v) is 9.76. The molecule has 2 aromatic carbocycles. The van der Waals surface area contributed by atoms with E-state index in [-0.39, 0.29) is 25.6 Å². The van der Waals surface area contributed by atoms with E-state index >= 15 is 0 Å². The number of fused-ring (bicyclic) bond motifs is 2. The molecule has 0 bridgehead atoms. The molecule has 0 saturated heterocycles. The summed E-state index contributed by atoms with van der Waals surface area (Å²) in [7, 11) is 1.65. The molecule has 164 valence electrons. The van der Waals surface area contributed by atoms with Gasteiger partial charge in [-0.25, -0.2) is 0 Å². The lowest BCUT2D eigenvalue weighted by Crippen LogP contribution is -2.49. The van der Waals surface area contributed by atoms with Crippen molar-refractivity contribution in [3.63, 3.8) is 0 Å². The van der Waals surface area contributed by atoms with Gasteiger partial charge in [0.15, 0.2) is 5.69 Å². The second-order valence-corrected chi connectivity index (χ2v) is 7.35. The van der Waals surface area contributed by atoms with Gasteiger partial charge in [-0.1, -0.05) is 42.9 Å². The Hall–Kier alpha value is -4.14. The number of aromatic amines is 1. The molecule has 1 aliphatic heterocycles. The molecule has 3 heterocycles. The number of hydrogen-bond acceptors (Lipinski definition) is 6. The van der Waals surface area contributed by atoms with Crippen LogP contribution in [0.3, 0.4) is 0 Å². The Kier molecular flexibility index (Phi) is 5.63. The quantitative estimate of drug-likeness (QED) is 0.512. The van der Waals surface area contributed by atoms with E-state index < -0.39 is 11.9 Å². The third kappa shape index (κ3) is 3.92. The molecule has 2 N–H and O–H groups in total. The molecule has 5 rings (SSSR count). The van der Waals surface area contributed by atoms with Crippen LogP contribution in [0.4, 0.5) is 5.69 Å². The summed E-state index contributed by atoms with van der Waals surface area (Å²) in [5.74, 6) is 0.313. The van der Waals surface area contributed by atoms with Gasteiger partial charge in [-0.2, -0.15) is 5.10 Å². The third-order valence-corrected chi connectivity index (χ3v) is 5.23. The largest absolute Gasteiger partial charge is 0.489 e. The number of likely N-dealkylation sites (N-methyl/N-ethyl adjacent to an activating group) is 1. The van der Waals surface area contributed by atoms with Crippen molar-refractivity contribution in [2.24, 2.45) is 0 Å². The van der Waals surface area contributed by atoms with Crippen molar-refractivity contribution >= 4 is 28.4 Å². The van der Waals surface area contributed by atoms with E-state index in [0.29, 0.717) is 23.6 Å². The fourth-order valence-electron chi connectivity index (χ4n) is 3.57. The highest BCUT2D eigenvalue weighted by Crippen LogP contribution is 2.34. The number of ether oxygens (including phenoxy) is 1. The second-order valence-electron chi connectivity index (χ2n) is 7.35. The molecule has 32 heavy (non-hydrogen) atoms. The summed E-state index contributed by atoms with van der Waals surface area (Å²) in [6, 6.07) is 14.1. The lowest BCUT2D eigenvalue weighted by Gasteiger charge is -2.20. The third-order valence-electron chi connectivity index (χ3n) is 5.23. The van der Waals surface area contributed by atoms with Crippen LogP contribution in [-0.4, -0.2) is 46.9 Å². The summed E-state index contributed by atoms with van der Waals surface area (Å²) in [6.07, 6.45) is 2.20. The fourth-order valence-corrected chi connectivity index (χ4v) is 3.57. The van der Waals surface area contributed by atoms with Crippen molar-refractivity contribution in [3.05, 3.63) is 71.7 Å². The number of benzene rings is 2. The molecule has 0 spiro atoms. The molecular weight excluding hydrogens is 410 g/mol. The summed E-state index contributed by atoms with van der Waals surface area (Å²) in [5.41, 5.74) is 2.57. The maximum atomic E-state index is 13.0. The molecule has 0 radical (unpaired) electrons. The number of hydrogen-bond donors (Lipinski definition) is 2.